The normalized spacial score (nSPS) is 18.1. The number of aliphatic imine (C=N–C) groups is 1. The minimum absolute atomic E-state index is 0.889. The van der Waals surface area contributed by atoms with E-state index in [2.05, 4.69) is 15.3 Å². The Labute approximate surface area is 65.2 Å². The molecule has 0 bridgehead atoms. The van der Waals surface area contributed by atoms with Crippen molar-refractivity contribution in [3.8, 4) is 0 Å². The van der Waals surface area contributed by atoms with Crippen molar-refractivity contribution in [1.29, 1.82) is 0 Å². The smallest absolute Gasteiger partial charge is 0.105 e. The van der Waals surface area contributed by atoms with Crippen LogP contribution in [0.2, 0.25) is 0 Å². The molecule has 1 aromatic rings. The van der Waals surface area contributed by atoms with Gasteiger partial charge >= 0.3 is 0 Å². The predicted molar refractivity (Wildman–Crippen MR) is 44.9 cm³/mol. The van der Waals surface area contributed by atoms with Crippen molar-refractivity contribution >= 4 is 11.5 Å². The molecule has 1 aliphatic heterocycles. The Balaban J connectivity index is 2.41. The highest BCUT2D eigenvalue weighted by Crippen LogP contribution is 2.20. The average molecular weight is 147 g/mol. The van der Waals surface area contributed by atoms with Crippen LogP contribution in [0.4, 0.5) is 5.69 Å². The van der Waals surface area contributed by atoms with E-state index in [-0.39, 0.29) is 0 Å². The molecule has 0 amide bonds. The van der Waals surface area contributed by atoms with Gasteiger partial charge in [0.2, 0.25) is 0 Å². The number of aromatic nitrogens is 1. The quantitative estimate of drug-likeness (QED) is 0.596. The Bertz CT molecular complexity index is 277. The highest BCUT2D eigenvalue weighted by atomic mass is 15.0. The fourth-order valence-corrected chi connectivity index (χ4v) is 1.20. The molecule has 2 heterocycles. The standard InChI is InChI=1S/C8H9N3/c1-9-8-4-6-5-10-3-2-7(6)11-8/h2-3,5H,4H2,1H3,(H,9,11). The van der Waals surface area contributed by atoms with Gasteiger partial charge in [0.05, 0.1) is 0 Å². The molecule has 0 aromatic carbocycles. The van der Waals surface area contributed by atoms with Gasteiger partial charge in [0.15, 0.2) is 0 Å². The number of fused-ring (bicyclic) bond motifs is 1. The molecule has 0 spiro atoms. The van der Waals surface area contributed by atoms with Gasteiger partial charge in [0.1, 0.15) is 5.84 Å². The van der Waals surface area contributed by atoms with Crippen LogP contribution < -0.4 is 5.32 Å². The Morgan fingerprint density at radius 1 is 1.64 bits per heavy atom. The van der Waals surface area contributed by atoms with Crippen molar-refractivity contribution in [1.82, 2.24) is 4.98 Å². The van der Waals surface area contributed by atoms with Crippen LogP contribution in [0.15, 0.2) is 23.5 Å². The van der Waals surface area contributed by atoms with Crippen molar-refractivity contribution in [2.45, 2.75) is 6.42 Å². The zero-order valence-electron chi connectivity index (χ0n) is 6.33. The molecule has 0 saturated carbocycles. The summed E-state index contributed by atoms with van der Waals surface area (Å²) < 4.78 is 0. The van der Waals surface area contributed by atoms with Gasteiger partial charge in [-0.05, 0) is 6.07 Å². The van der Waals surface area contributed by atoms with Crippen LogP contribution >= 0.6 is 0 Å². The van der Waals surface area contributed by atoms with Crippen molar-refractivity contribution in [3.63, 3.8) is 0 Å². The maximum atomic E-state index is 4.08. The van der Waals surface area contributed by atoms with E-state index in [1.807, 2.05) is 12.3 Å². The lowest BCUT2D eigenvalue weighted by Crippen LogP contribution is -2.04. The number of nitrogens with one attached hydrogen (secondary N) is 1. The average Bonchev–Trinajstić information content (AvgIpc) is 2.46. The number of amidine groups is 1. The summed E-state index contributed by atoms with van der Waals surface area (Å²) in [5.74, 6) is 1.02. The van der Waals surface area contributed by atoms with Gasteiger partial charge in [-0.2, -0.15) is 0 Å². The highest BCUT2D eigenvalue weighted by Gasteiger charge is 2.13. The van der Waals surface area contributed by atoms with Crippen molar-refractivity contribution < 1.29 is 0 Å². The number of nitrogens with zero attached hydrogens (tertiary/aromatic N) is 2. The van der Waals surface area contributed by atoms with Crippen molar-refractivity contribution in [2.75, 3.05) is 12.4 Å². The first-order valence-corrected chi connectivity index (χ1v) is 3.56. The first-order valence-electron chi connectivity index (χ1n) is 3.56. The molecule has 1 N–H and O–H groups in total. The van der Waals surface area contributed by atoms with Gasteiger partial charge < -0.3 is 5.32 Å². The van der Waals surface area contributed by atoms with E-state index in [0.717, 1.165) is 17.9 Å². The van der Waals surface area contributed by atoms with Gasteiger partial charge in [-0.3, -0.25) is 9.98 Å². The minimum atomic E-state index is 0.889. The molecular weight excluding hydrogens is 138 g/mol. The van der Waals surface area contributed by atoms with Crippen LogP contribution in [0.3, 0.4) is 0 Å². The minimum Gasteiger partial charge on any atom is -0.343 e. The van der Waals surface area contributed by atoms with Crippen molar-refractivity contribution in [3.05, 3.63) is 24.0 Å². The maximum Gasteiger partial charge on any atom is 0.105 e. The van der Waals surface area contributed by atoms with E-state index in [9.17, 15) is 0 Å². The monoisotopic (exact) mass is 147 g/mol. The molecular formula is C8H9N3. The molecule has 0 fully saturated rings. The number of hydrogen-bond donors (Lipinski definition) is 1. The van der Waals surface area contributed by atoms with E-state index in [1.54, 1.807) is 13.2 Å². The van der Waals surface area contributed by atoms with Crippen LogP contribution in [0.1, 0.15) is 5.56 Å². The molecule has 56 valence electrons. The topological polar surface area (TPSA) is 37.3 Å². The largest absolute Gasteiger partial charge is 0.343 e. The summed E-state index contributed by atoms with van der Waals surface area (Å²) in [5.41, 5.74) is 2.37. The summed E-state index contributed by atoms with van der Waals surface area (Å²) in [6.07, 6.45) is 4.55. The van der Waals surface area contributed by atoms with Gasteiger partial charge in [0.25, 0.3) is 0 Å². The molecule has 2 rings (SSSR count). The van der Waals surface area contributed by atoms with E-state index in [1.165, 1.54) is 5.56 Å². The zero-order chi connectivity index (χ0) is 7.68. The molecule has 3 nitrogen and oxygen atoms in total. The van der Waals surface area contributed by atoms with Crippen LogP contribution in [0.25, 0.3) is 0 Å². The molecule has 0 saturated heterocycles. The molecule has 0 aliphatic carbocycles. The summed E-state index contributed by atoms with van der Waals surface area (Å²) in [5, 5.41) is 3.19. The van der Waals surface area contributed by atoms with E-state index < -0.39 is 0 Å². The van der Waals surface area contributed by atoms with Gasteiger partial charge in [-0.1, -0.05) is 0 Å². The molecule has 0 unspecified atom stereocenters. The molecule has 11 heavy (non-hydrogen) atoms. The Morgan fingerprint density at radius 3 is 3.27 bits per heavy atom. The van der Waals surface area contributed by atoms with Gasteiger partial charge in [0, 0.05) is 37.1 Å². The molecule has 1 aromatic heterocycles. The second kappa shape index (κ2) is 2.34. The zero-order valence-corrected chi connectivity index (χ0v) is 6.33. The summed E-state index contributed by atoms with van der Waals surface area (Å²) in [7, 11) is 1.79. The summed E-state index contributed by atoms with van der Waals surface area (Å²) >= 11 is 0. The Hall–Kier alpha value is -1.38. The van der Waals surface area contributed by atoms with E-state index in [4.69, 9.17) is 0 Å². The SMILES string of the molecule is CN=C1Cc2cnccc2N1. The van der Waals surface area contributed by atoms with E-state index in [0.29, 0.717) is 0 Å². The predicted octanol–water partition coefficient (Wildman–Crippen LogP) is 1.08. The fraction of sp³-hybridized carbons (Fsp3) is 0.250. The summed E-state index contributed by atoms with van der Waals surface area (Å²) in [4.78, 5) is 8.11. The third-order valence-electron chi connectivity index (χ3n) is 1.81. The first-order chi connectivity index (χ1) is 5.40. The second-order valence-corrected chi connectivity index (χ2v) is 2.50. The summed E-state index contributed by atoms with van der Waals surface area (Å²) in [6, 6.07) is 1.97. The molecule has 1 aliphatic rings. The second-order valence-electron chi connectivity index (χ2n) is 2.50. The molecule has 3 heteroatoms. The van der Waals surface area contributed by atoms with E-state index >= 15 is 0 Å². The number of rotatable bonds is 0. The van der Waals surface area contributed by atoms with Crippen LogP contribution in [0, 0.1) is 0 Å². The van der Waals surface area contributed by atoms with Crippen molar-refractivity contribution in [2.24, 2.45) is 4.99 Å². The third kappa shape index (κ3) is 0.981. The van der Waals surface area contributed by atoms with Gasteiger partial charge in [-0.15, -0.1) is 0 Å². The molecule has 0 radical (unpaired) electrons. The Kier molecular flexibility index (Phi) is 1.35. The third-order valence-corrected chi connectivity index (χ3v) is 1.81. The van der Waals surface area contributed by atoms with Gasteiger partial charge in [-0.25, -0.2) is 0 Å². The lowest BCUT2D eigenvalue weighted by molar-refractivity contribution is 1.25. The van der Waals surface area contributed by atoms with Crippen LogP contribution in [0.5, 0.6) is 0 Å². The number of hydrogen-bond acceptors (Lipinski definition) is 2. The Morgan fingerprint density at radius 2 is 2.55 bits per heavy atom. The summed E-state index contributed by atoms with van der Waals surface area (Å²) in [6.45, 7) is 0. The maximum absolute atomic E-state index is 4.08. The number of anilines is 1. The fourth-order valence-electron chi connectivity index (χ4n) is 1.20. The lowest BCUT2D eigenvalue weighted by atomic mass is 10.2. The first kappa shape index (κ1) is 6.34. The molecule has 0 atom stereocenters. The lowest BCUT2D eigenvalue weighted by Gasteiger charge is -1.94. The van der Waals surface area contributed by atoms with Crippen LogP contribution in [-0.4, -0.2) is 17.9 Å². The number of pyridine rings is 1. The van der Waals surface area contributed by atoms with Crippen LogP contribution in [-0.2, 0) is 6.42 Å². The highest BCUT2D eigenvalue weighted by molar-refractivity contribution is 6.02.